The minimum Gasteiger partial charge on any atom is -0.355 e. The molecule has 0 aromatic heterocycles. The summed E-state index contributed by atoms with van der Waals surface area (Å²) >= 11 is 6.23. The number of rotatable bonds is 4. The summed E-state index contributed by atoms with van der Waals surface area (Å²) in [6, 6.07) is 7.94. The molecular formula is C21H28ClN3O2. The number of para-hydroxylation sites is 1. The molecule has 3 heterocycles. The fourth-order valence-corrected chi connectivity index (χ4v) is 5.22. The zero-order chi connectivity index (χ0) is 18.8. The predicted octanol–water partition coefficient (Wildman–Crippen LogP) is 3.07. The van der Waals surface area contributed by atoms with E-state index in [9.17, 15) is 9.59 Å². The SMILES string of the molecule is O=C(NC[C@@H]1CCCN2CCCC[C@@H]12)[C@H]1CC(=O)N(c2ccccc2Cl)C1. The van der Waals surface area contributed by atoms with Gasteiger partial charge in [-0.15, -0.1) is 0 Å². The number of anilines is 1. The molecule has 0 bridgehead atoms. The highest BCUT2D eigenvalue weighted by Gasteiger charge is 2.37. The fraction of sp³-hybridized carbons (Fsp3) is 0.619. The van der Waals surface area contributed by atoms with Crippen LogP contribution in [-0.2, 0) is 9.59 Å². The lowest BCUT2D eigenvalue weighted by Crippen LogP contribution is -2.51. The summed E-state index contributed by atoms with van der Waals surface area (Å²) in [4.78, 5) is 29.4. The first-order valence-corrected chi connectivity index (χ1v) is 10.6. The van der Waals surface area contributed by atoms with Crippen LogP contribution < -0.4 is 10.2 Å². The number of carbonyl (C=O) groups excluding carboxylic acids is 2. The molecule has 1 aromatic rings. The summed E-state index contributed by atoms with van der Waals surface area (Å²) in [6.07, 6.45) is 6.53. The highest BCUT2D eigenvalue weighted by atomic mass is 35.5. The van der Waals surface area contributed by atoms with E-state index < -0.39 is 0 Å². The molecular weight excluding hydrogens is 362 g/mol. The second-order valence-corrected chi connectivity index (χ2v) is 8.51. The van der Waals surface area contributed by atoms with Crippen molar-refractivity contribution in [3.05, 3.63) is 29.3 Å². The zero-order valence-electron chi connectivity index (χ0n) is 15.7. The molecule has 3 fully saturated rings. The van der Waals surface area contributed by atoms with E-state index in [1.165, 1.54) is 45.2 Å². The first-order valence-electron chi connectivity index (χ1n) is 10.2. The Morgan fingerprint density at radius 3 is 2.81 bits per heavy atom. The van der Waals surface area contributed by atoms with Crippen LogP contribution in [-0.4, -0.2) is 48.9 Å². The van der Waals surface area contributed by atoms with Crippen LogP contribution in [0.25, 0.3) is 0 Å². The number of nitrogens with zero attached hydrogens (tertiary/aromatic N) is 2. The van der Waals surface area contributed by atoms with Crippen LogP contribution in [0.5, 0.6) is 0 Å². The van der Waals surface area contributed by atoms with Crippen molar-refractivity contribution in [1.29, 1.82) is 0 Å². The standard InChI is InChI=1S/C21H28ClN3O2/c22-17-7-1-2-9-19(17)25-14-16(12-20(25)26)21(27)23-13-15-6-5-11-24-10-4-3-8-18(15)24/h1-2,7,9,15-16,18H,3-6,8,10-14H2,(H,23,27)/t15-,16-,18-/m0/s1. The van der Waals surface area contributed by atoms with Crippen molar-refractivity contribution in [3.63, 3.8) is 0 Å². The molecule has 0 radical (unpaired) electrons. The molecule has 4 rings (SSSR count). The van der Waals surface area contributed by atoms with E-state index >= 15 is 0 Å². The van der Waals surface area contributed by atoms with Gasteiger partial charge in [-0.3, -0.25) is 9.59 Å². The van der Waals surface area contributed by atoms with Gasteiger partial charge in [0, 0.05) is 25.6 Å². The molecule has 0 spiro atoms. The Labute approximate surface area is 166 Å². The van der Waals surface area contributed by atoms with Gasteiger partial charge in [0.25, 0.3) is 0 Å². The predicted molar refractivity (Wildman–Crippen MR) is 107 cm³/mol. The molecule has 2 amide bonds. The number of fused-ring (bicyclic) bond motifs is 1. The van der Waals surface area contributed by atoms with Gasteiger partial charge in [0.2, 0.25) is 11.8 Å². The molecule has 27 heavy (non-hydrogen) atoms. The molecule has 1 aromatic carbocycles. The first-order chi connectivity index (χ1) is 13.1. The molecule has 146 valence electrons. The normalized spacial score (nSPS) is 28.9. The molecule has 0 aliphatic carbocycles. The van der Waals surface area contributed by atoms with E-state index in [1.54, 1.807) is 11.0 Å². The molecule has 0 saturated carbocycles. The Morgan fingerprint density at radius 2 is 1.96 bits per heavy atom. The van der Waals surface area contributed by atoms with Gasteiger partial charge < -0.3 is 15.1 Å². The number of benzene rings is 1. The second kappa shape index (κ2) is 8.19. The van der Waals surface area contributed by atoms with E-state index in [-0.39, 0.29) is 24.2 Å². The number of amides is 2. The third kappa shape index (κ3) is 3.99. The fourth-order valence-electron chi connectivity index (χ4n) is 4.98. The molecule has 3 saturated heterocycles. The maximum absolute atomic E-state index is 12.7. The highest BCUT2D eigenvalue weighted by Crippen LogP contribution is 2.32. The van der Waals surface area contributed by atoms with Crippen molar-refractivity contribution in [2.45, 2.75) is 44.6 Å². The summed E-state index contributed by atoms with van der Waals surface area (Å²) in [5.41, 5.74) is 0.699. The van der Waals surface area contributed by atoms with Crippen molar-refractivity contribution in [2.24, 2.45) is 11.8 Å². The van der Waals surface area contributed by atoms with Gasteiger partial charge in [-0.05, 0) is 56.8 Å². The Morgan fingerprint density at radius 1 is 1.15 bits per heavy atom. The van der Waals surface area contributed by atoms with Crippen molar-refractivity contribution in [2.75, 3.05) is 31.1 Å². The van der Waals surface area contributed by atoms with E-state index in [0.717, 1.165) is 6.54 Å². The third-order valence-corrected chi connectivity index (χ3v) is 6.73. The minimum absolute atomic E-state index is 0.00540. The Bertz CT molecular complexity index is 708. The van der Waals surface area contributed by atoms with Gasteiger partial charge in [-0.2, -0.15) is 0 Å². The van der Waals surface area contributed by atoms with Crippen molar-refractivity contribution >= 4 is 29.1 Å². The quantitative estimate of drug-likeness (QED) is 0.861. The van der Waals surface area contributed by atoms with Crippen LogP contribution in [0.4, 0.5) is 5.69 Å². The van der Waals surface area contributed by atoms with Crippen LogP contribution in [0.2, 0.25) is 5.02 Å². The molecule has 5 nitrogen and oxygen atoms in total. The van der Waals surface area contributed by atoms with Gasteiger partial charge in [0.1, 0.15) is 0 Å². The smallest absolute Gasteiger partial charge is 0.227 e. The molecule has 3 aliphatic heterocycles. The molecule has 1 N–H and O–H groups in total. The van der Waals surface area contributed by atoms with Crippen LogP contribution in [0.1, 0.15) is 38.5 Å². The summed E-state index contributed by atoms with van der Waals surface area (Å²) < 4.78 is 0. The monoisotopic (exact) mass is 389 g/mol. The maximum Gasteiger partial charge on any atom is 0.227 e. The van der Waals surface area contributed by atoms with Crippen molar-refractivity contribution < 1.29 is 9.59 Å². The summed E-state index contributed by atoms with van der Waals surface area (Å²) in [7, 11) is 0. The highest BCUT2D eigenvalue weighted by molar-refractivity contribution is 6.33. The van der Waals surface area contributed by atoms with Crippen LogP contribution in [0.15, 0.2) is 24.3 Å². The lowest BCUT2D eigenvalue weighted by atomic mass is 9.83. The lowest BCUT2D eigenvalue weighted by molar-refractivity contribution is -0.126. The summed E-state index contributed by atoms with van der Waals surface area (Å²) in [6.45, 7) is 3.56. The summed E-state index contributed by atoms with van der Waals surface area (Å²) in [5, 5.41) is 3.70. The van der Waals surface area contributed by atoms with E-state index in [2.05, 4.69) is 10.2 Å². The third-order valence-electron chi connectivity index (χ3n) is 6.41. The number of halogens is 1. The maximum atomic E-state index is 12.7. The topological polar surface area (TPSA) is 52.7 Å². The van der Waals surface area contributed by atoms with Gasteiger partial charge >= 0.3 is 0 Å². The Balaban J connectivity index is 1.34. The number of piperidine rings is 2. The Kier molecular flexibility index (Phi) is 5.69. The minimum atomic E-state index is -0.292. The number of carbonyl (C=O) groups is 2. The summed E-state index contributed by atoms with van der Waals surface area (Å²) in [5.74, 6) is 0.227. The van der Waals surface area contributed by atoms with Gasteiger partial charge in [0.05, 0.1) is 16.6 Å². The molecule has 6 heteroatoms. The van der Waals surface area contributed by atoms with Crippen molar-refractivity contribution in [1.82, 2.24) is 10.2 Å². The molecule has 3 aliphatic rings. The van der Waals surface area contributed by atoms with Crippen LogP contribution >= 0.6 is 11.6 Å². The average Bonchev–Trinajstić information content (AvgIpc) is 3.08. The van der Waals surface area contributed by atoms with Crippen molar-refractivity contribution in [3.8, 4) is 0 Å². The van der Waals surface area contributed by atoms with Gasteiger partial charge in [-0.1, -0.05) is 30.2 Å². The van der Waals surface area contributed by atoms with E-state index in [0.29, 0.717) is 29.2 Å². The number of hydrogen-bond acceptors (Lipinski definition) is 3. The van der Waals surface area contributed by atoms with Crippen LogP contribution in [0.3, 0.4) is 0 Å². The first kappa shape index (κ1) is 18.8. The number of nitrogens with one attached hydrogen (secondary N) is 1. The lowest BCUT2D eigenvalue weighted by Gasteiger charge is -2.44. The Hall–Kier alpha value is -1.59. The van der Waals surface area contributed by atoms with E-state index in [1.807, 2.05) is 18.2 Å². The second-order valence-electron chi connectivity index (χ2n) is 8.10. The average molecular weight is 390 g/mol. The molecule has 0 unspecified atom stereocenters. The largest absolute Gasteiger partial charge is 0.355 e. The van der Waals surface area contributed by atoms with Gasteiger partial charge in [-0.25, -0.2) is 0 Å². The van der Waals surface area contributed by atoms with Crippen LogP contribution in [0, 0.1) is 11.8 Å². The van der Waals surface area contributed by atoms with Gasteiger partial charge in [0.15, 0.2) is 0 Å². The van der Waals surface area contributed by atoms with E-state index in [4.69, 9.17) is 11.6 Å². The molecule has 3 atom stereocenters. The zero-order valence-corrected chi connectivity index (χ0v) is 16.5. The number of hydrogen-bond donors (Lipinski definition) is 1.